The molecule has 1 fully saturated rings. The predicted octanol–water partition coefficient (Wildman–Crippen LogP) is 3.99. The zero-order valence-electron chi connectivity index (χ0n) is 13.3. The number of ether oxygens (including phenoxy) is 1. The summed E-state index contributed by atoms with van der Waals surface area (Å²) >= 11 is 0. The number of likely N-dealkylation sites (N-methyl/N-ethyl adjacent to an activating group) is 1. The molecule has 4 rings (SSSR count). The van der Waals surface area contributed by atoms with Gasteiger partial charge in [-0.1, -0.05) is 55.5 Å². The van der Waals surface area contributed by atoms with E-state index < -0.39 is 0 Å². The Hall–Kier alpha value is -1.64. The lowest BCUT2D eigenvalue weighted by Gasteiger charge is -2.19. The fraction of sp³-hybridized carbons (Fsp3) is 0.400. The maximum Gasteiger partial charge on any atom is 0.0901 e. The van der Waals surface area contributed by atoms with Gasteiger partial charge in [0.05, 0.1) is 12.2 Å². The standard InChI is InChI=1S/C20H23NO/c1-13-15-7-3-5-9-17(15)19-11-14(12-21-2)22-20(19)18-10-6-4-8-16(13)18/h3-10,13-14,19-21H,11-12H2,1-2H3. The third-order valence-electron chi connectivity index (χ3n) is 5.28. The number of hydrogen-bond donors (Lipinski definition) is 1. The molecule has 2 heteroatoms. The lowest BCUT2D eigenvalue weighted by atomic mass is 9.86. The first-order valence-electron chi connectivity index (χ1n) is 8.27. The van der Waals surface area contributed by atoms with Gasteiger partial charge in [-0.25, -0.2) is 0 Å². The minimum Gasteiger partial charge on any atom is -0.368 e. The van der Waals surface area contributed by atoms with Crippen molar-refractivity contribution in [1.82, 2.24) is 5.32 Å². The van der Waals surface area contributed by atoms with Crippen LogP contribution < -0.4 is 5.32 Å². The maximum atomic E-state index is 6.45. The molecule has 2 nitrogen and oxygen atoms in total. The molecule has 1 N–H and O–H groups in total. The van der Waals surface area contributed by atoms with E-state index in [4.69, 9.17) is 4.74 Å². The Kier molecular flexibility index (Phi) is 3.51. The molecule has 2 aromatic rings. The Morgan fingerprint density at radius 1 is 0.955 bits per heavy atom. The van der Waals surface area contributed by atoms with Crippen LogP contribution in [0.3, 0.4) is 0 Å². The molecular weight excluding hydrogens is 270 g/mol. The van der Waals surface area contributed by atoms with E-state index in [-0.39, 0.29) is 6.10 Å². The quantitative estimate of drug-likeness (QED) is 0.904. The number of fused-ring (bicyclic) bond motifs is 5. The average molecular weight is 293 g/mol. The summed E-state index contributed by atoms with van der Waals surface area (Å²) in [6.45, 7) is 3.25. The monoisotopic (exact) mass is 293 g/mol. The number of hydrogen-bond acceptors (Lipinski definition) is 2. The van der Waals surface area contributed by atoms with E-state index >= 15 is 0 Å². The van der Waals surface area contributed by atoms with Crippen LogP contribution >= 0.6 is 0 Å². The first-order valence-corrected chi connectivity index (χ1v) is 8.27. The molecule has 4 unspecified atom stereocenters. The number of benzene rings is 2. The molecule has 114 valence electrons. The molecule has 4 atom stereocenters. The van der Waals surface area contributed by atoms with Crippen molar-refractivity contribution in [2.75, 3.05) is 13.6 Å². The summed E-state index contributed by atoms with van der Waals surface area (Å²) < 4.78 is 6.45. The van der Waals surface area contributed by atoms with E-state index in [1.54, 1.807) is 0 Å². The first kappa shape index (κ1) is 14.0. The minimum atomic E-state index is 0.195. The summed E-state index contributed by atoms with van der Waals surface area (Å²) in [6, 6.07) is 17.8. The molecule has 2 aliphatic rings. The highest BCUT2D eigenvalue weighted by Gasteiger charge is 2.41. The van der Waals surface area contributed by atoms with E-state index in [2.05, 4.69) is 60.8 Å². The van der Waals surface area contributed by atoms with Crippen molar-refractivity contribution < 1.29 is 4.74 Å². The van der Waals surface area contributed by atoms with Gasteiger partial charge in [-0.15, -0.1) is 0 Å². The second kappa shape index (κ2) is 5.53. The maximum absolute atomic E-state index is 6.45. The largest absolute Gasteiger partial charge is 0.368 e. The Bertz CT molecular complexity index is 625. The van der Waals surface area contributed by atoms with Gasteiger partial charge in [-0.2, -0.15) is 0 Å². The summed E-state index contributed by atoms with van der Waals surface area (Å²) in [5, 5.41) is 3.27. The zero-order valence-corrected chi connectivity index (χ0v) is 13.3. The van der Waals surface area contributed by atoms with Gasteiger partial charge in [0, 0.05) is 18.4 Å². The van der Waals surface area contributed by atoms with Crippen molar-refractivity contribution in [2.45, 2.75) is 37.4 Å². The van der Waals surface area contributed by atoms with Crippen LogP contribution in [0.5, 0.6) is 0 Å². The van der Waals surface area contributed by atoms with Crippen molar-refractivity contribution in [2.24, 2.45) is 0 Å². The number of rotatable bonds is 2. The van der Waals surface area contributed by atoms with E-state index in [9.17, 15) is 0 Å². The van der Waals surface area contributed by atoms with Gasteiger partial charge in [-0.05, 0) is 35.7 Å². The van der Waals surface area contributed by atoms with Crippen molar-refractivity contribution in [3.8, 4) is 0 Å². The topological polar surface area (TPSA) is 21.3 Å². The molecule has 2 aromatic carbocycles. The van der Waals surface area contributed by atoms with Gasteiger partial charge in [0.2, 0.25) is 0 Å². The molecule has 0 amide bonds. The summed E-state index contributed by atoms with van der Waals surface area (Å²) in [5.74, 6) is 0.907. The third-order valence-corrected chi connectivity index (χ3v) is 5.28. The molecule has 0 bridgehead atoms. The second-order valence-electron chi connectivity index (χ2n) is 6.56. The van der Waals surface area contributed by atoms with E-state index in [1.165, 1.54) is 22.3 Å². The SMILES string of the molecule is CNCC1CC2c3ccccc3C(C)c3ccccc3C2O1. The zero-order chi connectivity index (χ0) is 15.1. The van der Waals surface area contributed by atoms with Gasteiger partial charge in [0.1, 0.15) is 0 Å². The minimum absolute atomic E-state index is 0.195. The average Bonchev–Trinajstić information content (AvgIpc) is 2.94. The highest BCUT2D eigenvalue weighted by atomic mass is 16.5. The van der Waals surface area contributed by atoms with E-state index in [0.29, 0.717) is 17.9 Å². The van der Waals surface area contributed by atoms with Crippen LogP contribution in [0.4, 0.5) is 0 Å². The summed E-state index contributed by atoms with van der Waals surface area (Å²) in [6.07, 6.45) is 1.60. The summed E-state index contributed by atoms with van der Waals surface area (Å²) in [7, 11) is 2.00. The number of nitrogens with one attached hydrogen (secondary N) is 1. The highest BCUT2D eigenvalue weighted by Crippen LogP contribution is 2.51. The van der Waals surface area contributed by atoms with Gasteiger partial charge >= 0.3 is 0 Å². The van der Waals surface area contributed by atoms with E-state index in [0.717, 1.165) is 13.0 Å². The molecule has 0 saturated carbocycles. The second-order valence-corrected chi connectivity index (χ2v) is 6.56. The van der Waals surface area contributed by atoms with Crippen LogP contribution in [0.1, 0.15) is 53.5 Å². The lowest BCUT2D eigenvalue weighted by Crippen LogP contribution is -2.23. The Labute approximate surface area is 132 Å². The normalized spacial score (nSPS) is 29.4. The van der Waals surface area contributed by atoms with Gasteiger partial charge in [0.25, 0.3) is 0 Å². The Balaban J connectivity index is 1.87. The van der Waals surface area contributed by atoms with Crippen molar-refractivity contribution in [3.63, 3.8) is 0 Å². The van der Waals surface area contributed by atoms with Crippen molar-refractivity contribution >= 4 is 0 Å². The van der Waals surface area contributed by atoms with Crippen LogP contribution in [0.2, 0.25) is 0 Å². The van der Waals surface area contributed by atoms with Crippen molar-refractivity contribution in [3.05, 3.63) is 70.8 Å². The Morgan fingerprint density at radius 2 is 1.55 bits per heavy atom. The van der Waals surface area contributed by atoms with Crippen LogP contribution in [0.15, 0.2) is 48.5 Å². The molecule has 1 heterocycles. The molecular formula is C20H23NO. The van der Waals surface area contributed by atoms with E-state index in [1.807, 2.05) is 7.05 Å². The highest BCUT2D eigenvalue weighted by molar-refractivity contribution is 5.48. The lowest BCUT2D eigenvalue weighted by molar-refractivity contribution is 0.0419. The van der Waals surface area contributed by atoms with Crippen LogP contribution in [0, 0.1) is 0 Å². The van der Waals surface area contributed by atoms with Gasteiger partial charge in [-0.3, -0.25) is 0 Å². The molecule has 0 aromatic heterocycles. The predicted molar refractivity (Wildman–Crippen MR) is 89.3 cm³/mol. The molecule has 1 saturated heterocycles. The van der Waals surface area contributed by atoms with Crippen LogP contribution in [-0.2, 0) is 4.74 Å². The molecule has 0 radical (unpaired) electrons. The summed E-state index contributed by atoms with van der Waals surface area (Å²) in [4.78, 5) is 0. The fourth-order valence-electron chi connectivity index (χ4n) is 4.28. The Morgan fingerprint density at radius 3 is 2.23 bits per heavy atom. The molecule has 1 aliphatic heterocycles. The summed E-state index contributed by atoms with van der Waals surface area (Å²) in [5.41, 5.74) is 5.76. The van der Waals surface area contributed by atoms with Gasteiger partial charge in [0.15, 0.2) is 0 Å². The third kappa shape index (κ3) is 2.10. The van der Waals surface area contributed by atoms with Crippen LogP contribution in [0.25, 0.3) is 0 Å². The van der Waals surface area contributed by atoms with Crippen LogP contribution in [-0.4, -0.2) is 19.7 Å². The first-order chi connectivity index (χ1) is 10.8. The van der Waals surface area contributed by atoms with Crippen molar-refractivity contribution in [1.29, 1.82) is 0 Å². The smallest absolute Gasteiger partial charge is 0.0901 e. The molecule has 22 heavy (non-hydrogen) atoms. The molecule has 0 spiro atoms. The fourth-order valence-corrected chi connectivity index (χ4v) is 4.28. The van der Waals surface area contributed by atoms with Gasteiger partial charge < -0.3 is 10.1 Å². The molecule has 1 aliphatic carbocycles.